The normalized spacial score (nSPS) is 30.4. The number of benzene rings is 1. The van der Waals surface area contributed by atoms with Gasteiger partial charge in [-0.15, -0.1) is 11.8 Å². The number of carbonyl (C=O) groups excluding carboxylic acids is 1. The Bertz CT molecular complexity index is 1260. The largest absolute Gasteiger partial charge is 0.491 e. The van der Waals surface area contributed by atoms with Crippen molar-refractivity contribution < 1.29 is 35.9 Å². The number of ether oxygens (including phenoxy) is 2. The molecule has 0 radical (unpaired) electrons. The van der Waals surface area contributed by atoms with Crippen LogP contribution in [-0.4, -0.2) is 74.9 Å². The first-order valence-electron chi connectivity index (χ1n) is 14.5. The zero-order valence-electron chi connectivity index (χ0n) is 24.3. The van der Waals surface area contributed by atoms with Crippen LogP contribution in [0.4, 0.5) is 18.9 Å². The molecule has 5 aliphatic rings. The van der Waals surface area contributed by atoms with E-state index in [2.05, 4.69) is 4.90 Å². The number of fused-ring (bicyclic) bond motifs is 4. The second kappa shape index (κ2) is 10.8. The van der Waals surface area contributed by atoms with E-state index in [1.54, 1.807) is 6.92 Å². The number of esters is 1. The molecule has 1 heterocycles. The lowest BCUT2D eigenvalue weighted by Crippen LogP contribution is -2.60. The van der Waals surface area contributed by atoms with Crippen LogP contribution in [0.3, 0.4) is 0 Å². The minimum absolute atomic E-state index is 0.00630. The first kappa shape index (κ1) is 30.8. The molecule has 4 aliphatic carbocycles. The lowest BCUT2D eigenvalue weighted by Gasteiger charge is -2.56. The molecule has 41 heavy (non-hydrogen) atoms. The van der Waals surface area contributed by atoms with E-state index < -0.39 is 45.0 Å². The van der Waals surface area contributed by atoms with Gasteiger partial charge < -0.3 is 14.4 Å². The van der Waals surface area contributed by atoms with Gasteiger partial charge >= 0.3 is 5.97 Å². The van der Waals surface area contributed by atoms with Crippen molar-refractivity contribution in [3.05, 3.63) is 12.1 Å². The van der Waals surface area contributed by atoms with Crippen LogP contribution in [0.25, 0.3) is 0 Å². The van der Waals surface area contributed by atoms with Crippen LogP contribution in [-0.2, 0) is 19.6 Å². The fourth-order valence-electron chi connectivity index (χ4n) is 6.72. The number of likely N-dealkylation sites (N-methyl/N-ethyl adjacent to an activating group) is 1. The molecule has 0 aromatic heterocycles. The highest BCUT2D eigenvalue weighted by Gasteiger charge is 2.55. The quantitative estimate of drug-likeness (QED) is 0.229. The molecule has 1 aromatic rings. The Morgan fingerprint density at radius 2 is 1.76 bits per heavy atom. The van der Waals surface area contributed by atoms with Gasteiger partial charge in [-0.1, -0.05) is 0 Å². The summed E-state index contributed by atoms with van der Waals surface area (Å²) in [7, 11) is -2.64. The Labute approximate surface area is 245 Å². The number of hydrogen-bond acceptors (Lipinski definition) is 7. The molecular formula is C29H41F3N2O5S2. The molecule has 0 saturated heterocycles. The summed E-state index contributed by atoms with van der Waals surface area (Å²) in [4.78, 5) is 15.4. The molecule has 230 valence electrons. The summed E-state index contributed by atoms with van der Waals surface area (Å²) in [6, 6.07) is 2.66. The summed E-state index contributed by atoms with van der Waals surface area (Å²) >= 11 is 1.41. The number of carbonyl (C=O) groups is 1. The van der Waals surface area contributed by atoms with E-state index in [0.29, 0.717) is 67.7 Å². The molecule has 0 N–H and O–H groups in total. The Hall–Kier alpha value is -1.66. The van der Waals surface area contributed by atoms with Gasteiger partial charge in [-0.2, -0.15) is 4.31 Å². The first-order chi connectivity index (χ1) is 19.2. The second-order valence-corrected chi connectivity index (χ2v) is 15.3. The van der Waals surface area contributed by atoms with Crippen molar-refractivity contribution in [2.45, 2.75) is 111 Å². The summed E-state index contributed by atoms with van der Waals surface area (Å²) in [5, 5.41) is 0. The molecule has 4 saturated carbocycles. The number of alkyl halides is 3. The van der Waals surface area contributed by atoms with Crippen LogP contribution in [0.15, 0.2) is 21.9 Å². The van der Waals surface area contributed by atoms with Crippen LogP contribution in [0.2, 0.25) is 0 Å². The topological polar surface area (TPSA) is 76.2 Å². The number of rotatable bonds is 10. The van der Waals surface area contributed by atoms with Crippen molar-refractivity contribution in [2.24, 2.45) is 5.41 Å². The van der Waals surface area contributed by atoms with Crippen molar-refractivity contribution in [3.63, 3.8) is 0 Å². The highest BCUT2D eigenvalue weighted by atomic mass is 32.2. The van der Waals surface area contributed by atoms with Gasteiger partial charge in [-0.25, -0.2) is 21.6 Å². The molecular weight excluding hydrogens is 577 g/mol. The predicted molar refractivity (Wildman–Crippen MR) is 152 cm³/mol. The lowest BCUT2D eigenvalue weighted by molar-refractivity contribution is -0.150. The number of hydrogen-bond donors (Lipinski definition) is 0. The van der Waals surface area contributed by atoms with Gasteiger partial charge in [-0.05, 0) is 84.0 Å². The van der Waals surface area contributed by atoms with E-state index in [9.17, 15) is 22.0 Å². The van der Waals surface area contributed by atoms with Gasteiger partial charge in [0.05, 0.1) is 17.2 Å². The highest BCUT2D eigenvalue weighted by Crippen LogP contribution is 2.55. The minimum atomic E-state index is -4.10. The molecule has 1 aromatic carbocycles. The molecule has 0 amide bonds. The maximum Gasteiger partial charge on any atom is 0.315 e. The summed E-state index contributed by atoms with van der Waals surface area (Å²) in [5.41, 5.74) is -1.84. The van der Waals surface area contributed by atoms with Crippen LogP contribution < -0.4 is 9.64 Å². The van der Waals surface area contributed by atoms with Crippen molar-refractivity contribution in [1.82, 2.24) is 4.31 Å². The SMILES string of the molecule is CCOC(=O)C1(COc2cc3c(cc2SC)N(C24CCC(F)(CC2)CC4)C[C@@H](CCC(C)(F)F)N(C)S3(=O)=O)CC1. The van der Waals surface area contributed by atoms with Gasteiger partial charge in [0.1, 0.15) is 28.3 Å². The van der Waals surface area contributed by atoms with E-state index in [-0.39, 0.29) is 37.0 Å². The molecule has 7 nitrogen and oxygen atoms in total. The minimum Gasteiger partial charge on any atom is -0.491 e. The molecule has 2 bridgehead atoms. The van der Waals surface area contributed by atoms with Crippen molar-refractivity contribution in [3.8, 4) is 5.75 Å². The maximum absolute atomic E-state index is 15.2. The van der Waals surface area contributed by atoms with Gasteiger partial charge in [0.15, 0.2) is 0 Å². The Morgan fingerprint density at radius 1 is 1.12 bits per heavy atom. The fraction of sp³-hybridized carbons (Fsp3) is 0.759. The van der Waals surface area contributed by atoms with Crippen LogP contribution in [0, 0.1) is 5.41 Å². The lowest BCUT2D eigenvalue weighted by atomic mass is 9.63. The molecule has 6 rings (SSSR count). The smallest absolute Gasteiger partial charge is 0.315 e. The Kier molecular flexibility index (Phi) is 8.11. The fourth-order valence-corrected chi connectivity index (χ4v) is 8.83. The van der Waals surface area contributed by atoms with Crippen molar-refractivity contribution >= 4 is 33.4 Å². The standard InChI is InChI=1S/C29H41F3N2O5S2/c1-5-38-25(35)27(8-9-27)19-39-22-17-24-21(16-23(22)40-4)34(29-13-10-28(32,11-14-29)12-15-29)18-20(6-7-26(2,30)31)33(3)41(24,36)37/h16-17,20H,5-15,18-19H2,1-4H3/t20-,28?,29?/m1/s1. The molecule has 0 unspecified atom stereocenters. The summed E-state index contributed by atoms with van der Waals surface area (Å²) in [6.45, 7) is 3.20. The van der Waals surface area contributed by atoms with Gasteiger partial charge in [-0.3, -0.25) is 4.79 Å². The van der Waals surface area contributed by atoms with E-state index in [0.717, 1.165) is 6.92 Å². The number of thioether (sulfide) groups is 1. The monoisotopic (exact) mass is 618 g/mol. The molecule has 0 spiro atoms. The number of sulfonamides is 1. The van der Waals surface area contributed by atoms with Crippen LogP contribution in [0.1, 0.15) is 78.1 Å². The third-order valence-electron chi connectivity index (χ3n) is 9.77. The summed E-state index contributed by atoms with van der Waals surface area (Å²) in [6.07, 6.45) is 5.68. The Morgan fingerprint density at radius 3 is 2.29 bits per heavy atom. The zero-order valence-corrected chi connectivity index (χ0v) is 25.9. The Balaban J connectivity index is 1.56. The third-order valence-corrected chi connectivity index (χ3v) is 12.5. The average molecular weight is 619 g/mol. The van der Waals surface area contributed by atoms with E-state index in [1.807, 2.05) is 12.3 Å². The predicted octanol–water partition coefficient (Wildman–Crippen LogP) is 6.19. The number of nitrogens with zero attached hydrogens (tertiary/aromatic N) is 2. The second-order valence-electron chi connectivity index (χ2n) is 12.5. The average Bonchev–Trinajstić information content (AvgIpc) is 3.73. The number of halogens is 3. The third kappa shape index (κ3) is 5.81. The molecule has 1 atom stereocenters. The molecule has 12 heteroatoms. The molecule has 4 fully saturated rings. The zero-order chi connectivity index (χ0) is 29.8. The highest BCUT2D eigenvalue weighted by molar-refractivity contribution is 7.98. The van der Waals surface area contributed by atoms with Crippen molar-refractivity contribution in [1.29, 1.82) is 0 Å². The van der Waals surface area contributed by atoms with Gasteiger partial charge in [0, 0.05) is 37.7 Å². The maximum atomic E-state index is 15.2. The van der Waals surface area contributed by atoms with E-state index >= 15 is 4.39 Å². The summed E-state index contributed by atoms with van der Waals surface area (Å²) < 4.78 is 84.0. The molecule has 1 aliphatic heterocycles. The first-order valence-corrected chi connectivity index (χ1v) is 17.2. The number of anilines is 1. The van der Waals surface area contributed by atoms with Gasteiger partial charge in [0.25, 0.3) is 0 Å². The van der Waals surface area contributed by atoms with E-state index in [4.69, 9.17) is 9.47 Å². The summed E-state index contributed by atoms with van der Waals surface area (Å²) in [5.74, 6) is -2.89. The van der Waals surface area contributed by atoms with Gasteiger partial charge in [0.2, 0.25) is 15.9 Å². The van der Waals surface area contributed by atoms with Crippen LogP contribution >= 0.6 is 11.8 Å². The van der Waals surface area contributed by atoms with Crippen LogP contribution in [0.5, 0.6) is 5.75 Å². The van der Waals surface area contributed by atoms with Crippen molar-refractivity contribution in [2.75, 3.05) is 38.0 Å². The van der Waals surface area contributed by atoms with E-state index in [1.165, 1.54) is 29.2 Å².